The highest BCUT2D eigenvalue weighted by Gasteiger charge is 2.28. The number of benzene rings is 1. The first-order valence-corrected chi connectivity index (χ1v) is 11.9. The number of hydrogen-bond donors (Lipinski definition) is 5. The van der Waals surface area contributed by atoms with E-state index in [4.69, 9.17) is 10.8 Å². The zero-order valence-corrected chi connectivity index (χ0v) is 21.3. The number of rotatable bonds is 10. The van der Waals surface area contributed by atoms with Crippen molar-refractivity contribution in [1.82, 2.24) is 19.9 Å². The molecule has 3 rings (SSSR count). The molecule has 0 spiro atoms. The Hall–Kier alpha value is -4.48. The number of carboxylic acid groups (broad SMARTS) is 1. The van der Waals surface area contributed by atoms with Gasteiger partial charge < -0.3 is 31.0 Å². The van der Waals surface area contributed by atoms with Crippen LogP contribution < -0.4 is 21.9 Å². The summed E-state index contributed by atoms with van der Waals surface area (Å²) in [6, 6.07) is 6.98. The molecule has 0 aliphatic heterocycles. The number of halogens is 1. The van der Waals surface area contributed by atoms with Crippen LogP contribution in [-0.4, -0.2) is 43.6 Å². The average molecular weight is 527 g/mol. The number of para-hydroxylation sites is 1. The predicted octanol–water partition coefficient (Wildman–Crippen LogP) is 3.23. The monoisotopic (exact) mass is 526 g/mol. The number of imidazole rings is 1. The Morgan fingerprint density at radius 1 is 1.24 bits per heavy atom. The van der Waals surface area contributed by atoms with Crippen LogP contribution in [0.1, 0.15) is 51.2 Å². The highest BCUT2D eigenvalue weighted by Crippen LogP contribution is 2.38. The standard InChI is InChI=1S/C26H31FN6O5/c1-26(2,3)22(27)15-8-6-10-16-21(15)32-20(29-16)14-33-13-7-11-18(24(33)36)30-23(35)17(31-25(37)38)9-4-5-12-19(28)34/h5-8,10-13,17,22,31H,4,9,14H2,1-3H3,(H2,28,34)(H,29,32)(H,30,35)(H,37,38)/b12-5+/t17-,22?/m0/s1. The van der Waals surface area contributed by atoms with E-state index in [1.165, 1.54) is 22.9 Å². The van der Waals surface area contributed by atoms with E-state index in [1.807, 2.05) is 0 Å². The first-order chi connectivity index (χ1) is 17.9. The van der Waals surface area contributed by atoms with E-state index in [-0.39, 0.29) is 25.1 Å². The second kappa shape index (κ2) is 11.7. The van der Waals surface area contributed by atoms with Crippen LogP contribution in [0, 0.1) is 5.41 Å². The van der Waals surface area contributed by atoms with Gasteiger partial charge >= 0.3 is 6.09 Å². The molecule has 0 fully saturated rings. The molecule has 3 aromatic rings. The molecule has 0 saturated carbocycles. The molecule has 0 radical (unpaired) electrons. The van der Waals surface area contributed by atoms with Gasteiger partial charge in [0.15, 0.2) is 0 Å². The third-order valence-electron chi connectivity index (χ3n) is 5.74. The van der Waals surface area contributed by atoms with Crippen molar-refractivity contribution in [2.75, 3.05) is 5.32 Å². The zero-order chi connectivity index (χ0) is 28.0. The van der Waals surface area contributed by atoms with Gasteiger partial charge in [-0.05, 0) is 42.5 Å². The number of carbonyl (C=O) groups is 3. The number of amides is 3. The fraction of sp³-hybridized carbons (Fsp3) is 0.346. The van der Waals surface area contributed by atoms with E-state index < -0.39 is 41.1 Å². The summed E-state index contributed by atoms with van der Waals surface area (Å²) in [6.45, 7) is 5.44. The molecule has 3 amide bonds. The molecule has 6 N–H and O–H groups in total. The molecule has 0 aliphatic rings. The number of carbonyl (C=O) groups excluding carboxylic acids is 2. The van der Waals surface area contributed by atoms with E-state index in [2.05, 4.69) is 20.6 Å². The Labute approximate surface area is 217 Å². The van der Waals surface area contributed by atoms with Gasteiger partial charge in [-0.15, -0.1) is 0 Å². The van der Waals surface area contributed by atoms with Crippen molar-refractivity contribution in [1.29, 1.82) is 0 Å². The Morgan fingerprint density at radius 2 is 1.97 bits per heavy atom. The van der Waals surface area contributed by atoms with E-state index >= 15 is 4.39 Å². The molecule has 0 saturated heterocycles. The number of alkyl halides is 1. The molecule has 202 valence electrons. The number of allylic oxidation sites excluding steroid dienone is 1. The largest absolute Gasteiger partial charge is 0.465 e. The first kappa shape index (κ1) is 28.1. The molecular formula is C26H31FN6O5. The summed E-state index contributed by atoms with van der Waals surface area (Å²) in [5.74, 6) is -0.980. The number of hydrogen-bond acceptors (Lipinski definition) is 5. The summed E-state index contributed by atoms with van der Waals surface area (Å²) in [5, 5.41) is 13.6. The number of H-pyrrole nitrogens is 1. The van der Waals surface area contributed by atoms with Crippen LogP contribution in [0.3, 0.4) is 0 Å². The van der Waals surface area contributed by atoms with E-state index in [0.717, 1.165) is 6.08 Å². The fourth-order valence-corrected chi connectivity index (χ4v) is 3.87. The number of nitrogens with zero attached hydrogens (tertiary/aromatic N) is 2. The number of aromatic amines is 1. The summed E-state index contributed by atoms with van der Waals surface area (Å²) >= 11 is 0. The maximum absolute atomic E-state index is 15.1. The molecule has 12 heteroatoms. The summed E-state index contributed by atoms with van der Waals surface area (Å²) in [6.07, 6.45) is 1.62. The highest BCUT2D eigenvalue weighted by molar-refractivity contribution is 5.96. The van der Waals surface area contributed by atoms with Crippen LogP contribution in [0.4, 0.5) is 14.9 Å². The van der Waals surface area contributed by atoms with E-state index in [1.54, 1.807) is 45.0 Å². The van der Waals surface area contributed by atoms with Gasteiger partial charge in [0.2, 0.25) is 11.8 Å². The topological polar surface area (TPSA) is 172 Å². The van der Waals surface area contributed by atoms with Crippen LogP contribution in [0.25, 0.3) is 11.0 Å². The normalized spacial score (nSPS) is 13.4. The van der Waals surface area contributed by atoms with Gasteiger partial charge in [-0.2, -0.15) is 0 Å². The van der Waals surface area contributed by atoms with Crippen molar-refractivity contribution >= 4 is 34.6 Å². The maximum atomic E-state index is 15.1. The Balaban J connectivity index is 1.81. The molecule has 11 nitrogen and oxygen atoms in total. The summed E-state index contributed by atoms with van der Waals surface area (Å²) in [7, 11) is 0. The van der Waals surface area contributed by atoms with Crippen LogP contribution in [0.2, 0.25) is 0 Å². The average Bonchev–Trinajstić information content (AvgIpc) is 3.24. The minimum atomic E-state index is -1.42. The lowest BCUT2D eigenvalue weighted by atomic mass is 9.85. The quantitative estimate of drug-likeness (QED) is 0.254. The van der Waals surface area contributed by atoms with Crippen LogP contribution in [0.15, 0.2) is 53.5 Å². The molecule has 0 bridgehead atoms. The number of anilines is 1. The Bertz CT molecular complexity index is 1420. The second-order valence-electron chi connectivity index (χ2n) is 9.88. The molecule has 1 unspecified atom stereocenters. The Kier molecular flexibility index (Phi) is 8.66. The van der Waals surface area contributed by atoms with Gasteiger partial charge in [-0.1, -0.05) is 39.0 Å². The van der Waals surface area contributed by atoms with Gasteiger partial charge in [0.1, 0.15) is 23.7 Å². The van der Waals surface area contributed by atoms with Gasteiger partial charge in [0.25, 0.3) is 5.56 Å². The minimum absolute atomic E-state index is 0.0256. The Morgan fingerprint density at radius 3 is 2.63 bits per heavy atom. The van der Waals surface area contributed by atoms with Crippen molar-refractivity contribution in [3.05, 3.63) is 70.4 Å². The SMILES string of the molecule is CC(C)(C)C(F)c1cccc2[nH]c(Cn3cccc(NC(=O)[C@H](CC/C=C/C(N)=O)NC(=O)O)c3=O)nc12. The minimum Gasteiger partial charge on any atom is -0.465 e. The molecule has 2 heterocycles. The number of aromatic nitrogens is 3. The summed E-state index contributed by atoms with van der Waals surface area (Å²) in [4.78, 5) is 55.4. The van der Waals surface area contributed by atoms with Crippen LogP contribution in [0.5, 0.6) is 0 Å². The summed E-state index contributed by atoms with van der Waals surface area (Å²) in [5.41, 5.74) is 5.37. The number of pyridine rings is 1. The van der Waals surface area contributed by atoms with Crippen molar-refractivity contribution in [3.8, 4) is 0 Å². The molecule has 0 aliphatic carbocycles. The third kappa shape index (κ3) is 7.05. The highest BCUT2D eigenvalue weighted by atomic mass is 19.1. The van der Waals surface area contributed by atoms with Gasteiger partial charge in [-0.3, -0.25) is 14.4 Å². The molecule has 2 aromatic heterocycles. The van der Waals surface area contributed by atoms with Crippen molar-refractivity contribution in [2.24, 2.45) is 11.1 Å². The lowest BCUT2D eigenvalue weighted by molar-refractivity contribution is -0.118. The zero-order valence-electron chi connectivity index (χ0n) is 21.3. The number of nitrogens with two attached hydrogens (primary N) is 1. The molecule has 1 aromatic carbocycles. The number of nitrogens with one attached hydrogen (secondary N) is 3. The summed E-state index contributed by atoms with van der Waals surface area (Å²) < 4.78 is 16.4. The third-order valence-corrected chi connectivity index (χ3v) is 5.74. The van der Waals surface area contributed by atoms with Gasteiger partial charge in [-0.25, -0.2) is 14.2 Å². The molecular weight excluding hydrogens is 495 g/mol. The smallest absolute Gasteiger partial charge is 0.405 e. The van der Waals surface area contributed by atoms with Gasteiger partial charge in [0, 0.05) is 11.8 Å². The number of fused-ring (bicyclic) bond motifs is 1. The van der Waals surface area contributed by atoms with E-state index in [0.29, 0.717) is 22.4 Å². The van der Waals surface area contributed by atoms with Crippen molar-refractivity contribution in [2.45, 2.75) is 52.4 Å². The van der Waals surface area contributed by atoms with Crippen molar-refractivity contribution in [3.63, 3.8) is 0 Å². The molecule has 2 atom stereocenters. The van der Waals surface area contributed by atoms with Crippen LogP contribution in [-0.2, 0) is 16.1 Å². The van der Waals surface area contributed by atoms with Crippen LogP contribution >= 0.6 is 0 Å². The molecule has 38 heavy (non-hydrogen) atoms. The van der Waals surface area contributed by atoms with E-state index in [9.17, 15) is 19.2 Å². The lowest BCUT2D eigenvalue weighted by Gasteiger charge is -2.24. The van der Waals surface area contributed by atoms with Gasteiger partial charge in [0.05, 0.1) is 17.6 Å². The second-order valence-corrected chi connectivity index (χ2v) is 9.88. The fourth-order valence-electron chi connectivity index (χ4n) is 3.87. The van der Waals surface area contributed by atoms with Crippen molar-refractivity contribution < 1.29 is 23.9 Å². The maximum Gasteiger partial charge on any atom is 0.405 e. The number of primary amides is 1. The lowest BCUT2D eigenvalue weighted by Crippen LogP contribution is -2.44. The predicted molar refractivity (Wildman–Crippen MR) is 140 cm³/mol. The first-order valence-electron chi connectivity index (χ1n) is 11.9.